The highest BCUT2D eigenvalue weighted by Gasteiger charge is 2.70. The topological polar surface area (TPSA) is 83.9 Å². The van der Waals surface area contributed by atoms with Crippen molar-refractivity contribution in [3.05, 3.63) is 0 Å². The number of fused-ring (bicyclic) bond motifs is 1. The van der Waals surface area contributed by atoms with Crippen molar-refractivity contribution < 1.29 is 57.1 Å². The smallest absolute Gasteiger partial charge is 0.328 e. The third-order valence-electron chi connectivity index (χ3n) is 5.58. The highest BCUT2D eigenvalue weighted by Crippen LogP contribution is 2.65. The van der Waals surface area contributed by atoms with E-state index in [1.165, 1.54) is 18.9 Å². The Morgan fingerprint density at radius 2 is 1.75 bits per heavy atom. The number of methoxy groups -OCH3 is 1. The van der Waals surface area contributed by atoms with Crippen molar-refractivity contribution in [1.82, 2.24) is 4.90 Å². The van der Waals surface area contributed by atoms with Crippen molar-refractivity contribution >= 4 is 18.2 Å². The Kier molecular flexibility index (Phi) is 3.10. The molecule has 4 atom stereocenters. The number of amides is 1. The fourth-order valence-corrected chi connectivity index (χ4v) is 3.40. The first-order chi connectivity index (χ1) is 24.2. The number of likely N-dealkylation sites (tertiary alicyclic amines) is 1. The molecule has 6 nitrogen and oxygen atoms in total. The maximum absolute atomic E-state index is 13.1. The molecule has 1 N–H and O–H groups in total. The number of piperidine rings is 1. The van der Waals surface area contributed by atoms with Crippen molar-refractivity contribution in [2.24, 2.45) is 39.4 Å². The van der Waals surface area contributed by atoms with E-state index in [0.717, 1.165) is 6.92 Å². The van der Waals surface area contributed by atoms with Crippen LogP contribution in [0.4, 0.5) is 0 Å². The number of esters is 1. The first kappa shape index (κ1) is 9.31. The average Bonchev–Trinajstić information content (AvgIpc) is 3.24. The van der Waals surface area contributed by atoms with Gasteiger partial charge in [0.25, 0.3) is 0 Å². The predicted octanol–water partition coefficient (Wildman–Crippen LogP) is 4.58. The van der Waals surface area contributed by atoms with E-state index in [4.69, 9.17) is 42.7 Å². The van der Waals surface area contributed by atoms with Gasteiger partial charge in [-0.15, -0.1) is 0 Å². The van der Waals surface area contributed by atoms with Gasteiger partial charge in [0, 0.05) is 63.3 Å². The molecule has 0 aromatic rings. The number of aliphatic hydroxyl groups excluding tert-OH is 1. The molecule has 0 aromatic carbocycles. The largest absolute Gasteiger partial charge is 0.467 e. The summed E-state index contributed by atoms with van der Waals surface area (Å²) < 4.78 is 177. The number of aliphatic hydroxyl groups is 1. The van der Waals surface area contributed by atoms with E-state index < -0.39 is 108 Å². The molecule has 1 unspecified atom stereocenters. The Hall–Kier alpha value is -1.43. The van der Waals surface area contributed by atoms with Gasteiger partial charge in [-0.2, -0.15) is 0 Å². The Labute approximate surface area is 230 Å². The lowest BCUT2D eigenvalue weighted by Crippen LogP contribution is -2.49. The molecule has 1 aliphatic heterocycles. The van der Waals surface area contributed by atoms with Gasteiger partial charge < -0.3 is 19.5 Å². The minimum absolute atomic E-state index is 0.0575. The molecule has 2 aliphatic rings. The van der Waals surface area contributed by atoms with Crippen LogP contribution in [0, 0.1) is 39.4 Å². The van der Waals surface area contributed by atoms with Crippen LogP contribution < -0.4 is 0 Å². The molecule has 1 heterocycles. The fourth-order valence-electron chi connectivity index (χ4n) is 3.40. The van der Waals surface area contributed by atoms with Crippen molar-refractivity contribution in [1.29, 1.82) is 0 Å². The molecule has 32 heavy (non-hydrogen) atoms. The molecule has 0 radical (unpaired) electrons. The van der Waals surface area contributed by atoms with E-state index in [1.54, 1.807) is 0 Å². The number of rotatable bonds is 2. The zero-order valence-corrected chi connectivity index (χ0v) is 18.8. The summed E-state index contributed by atoms with van der Waals surface area (Å²) in [5.41, 5.74) is -8.74. The Balaban J connectivity index is 0.000000871. The van der Waals surface area contributed by atoms with Crippen molar-refractivity contribution in [3.8, 4) is 0 Å². The van der Waals surface area contributed by atoms with Gasteiger partial charge in [-0.3, -0.25) is 4.79 Å². The molecule has 188 valence electrons. The third-order valence-corrected chi connectivity index (χ3v) is 5.58. The highest BCUT2D eigenvalue weighted by molar-refractivity contribution is 5.88. The molecule has 0 spiro atoms. The van der Waals surface area contributed by atoms with Crippen molar-refractivity contribution in [2.45, 2.75) is 88.6 Å². The van der Waals surface area contributed by atoms with Crippen molar-refractivity contribution in [2.75, 3.05) is 20.3 Å². The molecule has 2 rings (SSSR count). The van der Waals surface area contributed by atoms with Crippen LogP contribution in [0.2, 0.25) is 0 Å². The number of hydrogen-bond donors (Lipinski definition) is 1. The normalized spacial score (nSPS) is 38.9. The van der Waals surface area contributed by atoms with Crippen LogP contribution in [0.25, 0.3) is 0 Å². The summed E-state index contributed by atoms with van der Waals surface area (Å²) in [5.74, 6) is -2.42. The molecular formula is C26H49NO5. The lowest BCUT2D eigenvalue weighted by Gasteiger charge is -2.35. The summed E-state index contributed by atoms with van der Waals surface area (Å²) >= 11 is 0. The lowest BCUT2D eigenvalue weighted by molar-refractivity contribution is -0.155. The van der Waals surface area contributed by atoms with Gasteiger partial charge in [-0.25, -0.2) is 4.79 Å². The fraction of sp³-hybridized carbons (Fsp3) is 0.885. The van der Waals surface area contributed by atoms with E-state index in [9.17, 15) is 14.4 Å². The predicted molar refractivity (Wildman–Crippen MR) is 129 cm³/mol. The number of ether oxygens (including phenoxy) is 1. The molecule has 2 fully saturated rings. The highest BCUT2D eigenvalue weighted by atomic mass is 16.5. The summed E-state index contributed by atoms with van der Waals surface area (Å²) in [6.07, 6.45) is -0.500. The molecule has 1 amide bonds. The van der Waals surface area contributed by atoms with Crippen LogP contribution in [0.1, 0.15) is 115 Å². The summed E-state index contributed by atoms with van der Waals surface area (Å²) in [4.78, 5) is 37.4. The Morgan fingerprint density at radius 1 is 1.19 bits per heavy atom. The molecule has 0 bridgehead atoms. The zero-order valence-electron chi connectivity index (χ0n) is 42.8. The second kappa shape index (κ2) is 10.7. The Morgan fingerprint density at radius 3 is 2.06 bits per heavy atom. The molecule has 0 aromatic heterocycles. The quantitative estimate of drug-likeness (QED) is 0.463. The molecule has 1 saturated heterocycles. The standard InChI is InChI=1S/C16H27NO3.C5H12O.C5H10O/c1-9(15(2,3)4)13(18)17-8-10-11(16(10,5)6)12(17)14(19)20-7;2*1-5(2,3)4-6/h9-12H,8H2,1-7H3;6H,4H2,1-3H3;4H,1-3H3/t9-,10+,11+,12?;;/m1../s1/i2D3,3D3;2*1D3,2D3,3D3. The molecular weight excluding hydrogens is 406 g/mol. The first-order valence-electron chi connectivity index (χ1n) is 21.6. The van der Waals surface area contributed by atoms with E-state index in [0.29, 0.717) is 6.54 Å². The second-order valence-corrected chi connectivity index (χ2v) is 8.83. The van der Waals surface area contributed by atoms with Crippen LogP contribution in [0.3, 0.4) is 0 Å². The number of aldehydes is 1. The van der Waals surface area contributed by atoms with E-state index in [-0.39, 0.29) is 17.3 Å². The summed E-state index contributed by atoms with van der Waals surface area (Å²) in [6.45, 7) is -20.5. The SMILES string of the molecule is [2H]C([2H])([2H])C(C)([C@H](C)C(=O)N1C[C@H]2[C@@H](C1C(=O)OC)C2(C)C)C([2H])([2H])[2H].[2H]C([2H])([2H])C(C=O)(C([2H])([2H])[2H])C([2H])([2H])[2H].[2H]C([2H])([2H])C(CO)(C([2H])([2H])[2H])C([2H])([2H])[2H]. The summed E-state index contributed by atoms with van der Waals surface area (Å²) in [7, 11) is 1.24. The van der Waals surface area contributed by atoms with Gasteiger partial charge in [0.05, 0.1) is 7.11 Å². The maximum Gasteiger partial charge on any atom is 0.328 e. The average molecular weight is 480 g/mol. The van der Waals surface area contributed by atoms with Crippen molar-refractivity contribution in [3.63, 3.8) is 0 Å². The number of carbonyl (C=O) groups is 3. The van der Waals surface area contributed by atoms with Gasteiger partial charge in [0.2, 0.25) is 5.91 Å². The molecule has 1 saturated carbocycles. The van der Waals surface area contributed by atoms with E-state index in [1.807, 2.05) is 13.8 Å². The Bertz CT molecular complexity index is 1310. The lowest BCUT2D eigenvalue weighted by atomic mass is 9.81. The number of nitrogens with zero attached hydrogens (tertiary/aromatic N) is 1. The number of hydrogen-bond acceptors (Lipinski definition) is 5. The minimum atomic E-state index is -3.41. The second-order valence-electron chi connectivity index (χ2n) is 8.83. The van der Waals surface area contributed by atoms with Gasteiger partial charge in [0.15, 0.2) is 0 Å². The first-order valence-corrected chi connectivity index (χ1v) is 9.61. The van der Waals surface area contributed by atoms with Gasteiger partial charge in [0.1, 0.15) is 12.3 Å². The van der Waals surface area contributed by atoms with E-state index in [2.05, 4.69) is 0 Å². The zero-order chi connectivity index (χ0) is 45.9. The van der Waals surface area contributed by atoms with Crippen LogP contribution in [-0.2, 0) is 19.1 Å². The number of carbonyl (C=O) groups excluding carboxylic acids is 3. The van der Waals surface area contributed by atoms with Gasteiger partial charge in [-0.05, 0) is 22.2 Å². The van der Waals surface area contributed by atoms with Gasteiger partial charge >= 0.3 is 5.97 Å². The van der Waals surface area contributed by atoms with Gasteiger partial charge in [-0.1, -0.05) is 82.5 Å². The summed E-state index contributed by atoms with van der Waals surface area (Å²) in [6, 6.07) is -0.799. The van der Waals surface area contributed by atoms with E-state index >= 15 is 0 Å². The minimum Gasteiger partial charge on any atom is -0.467 e. The monoisotopic (exact) mass is 480 g/mol. The van der Waals surface area contributed by atoms with Crippen LogP contribution in [-0.4, -0.2) is 54.5 Å². The van der Waals surface area contributed by atoms with Crippen LogP contribution in [0.5, 0.6) is 0 Å². The third kappa shape index (κ3) is 8.49. The van der Waals surface area contributed by atoms with Crippen LogP contribution >= 0.6 is 0 Å². The summed E-state index contributed by atoms with van der Waals surface area (Å²) in [5, 5.41) is 8.90. The molecule has 1 aliphatic carbocycles. The maximum atomic E-state index is 13.1. The van der Waals surface area contributed by atoms with Crippen LogP contribution in [0.15, 0.2) is 0 Å². The molecule has 6 heteroatoms.